The first-order valence-corrected chi connectivity index (χ1v) is 9.45. The summed E-state index contributed by atoms with van der Waals surface area (Å²) in [5.74, 6) is 0. The van der Waals surface area contributed by atoms with Gasteiger partial charge in [0.1, 0.15) is 0 Å². The monoisotopic (exact) mass is 283 g/mol. The first-order chi connectivity index (χ1) is 9.74. The Bertz CT molecular complexity index is 180. The summed E-state index contributed by atoms with van der Waals surface area (Å²) in [5.41, 5.74) is 0.579. The molecule has 0 rings (SSSR count). The first kappa shape index (κ1) is 20.0. The fraction of sp³-hybridized carbons (Fsp3) is 1.00. The molecule has 0 amide bonds. The Morgan fingerprint density at radius 2 is 1.20 bits per heavy atom. The second kappa shape index (κ2) is 13.9. The molecule has 1 atom stereocenters. The van der Waals surface area contributed by atoms with E-state index in [9.17, 15) is 0 Å². The maximum Gasteiger partial charge on any atom is 0.000759 e. The molecule has 0 fully saturated rings. The van der Waals surface area contributed by atoms with Gasteiger partial charge in [0.15, 0.2) is 0 Å². The van der Waals surface area contributed by atoms with Crippen LogP contribution in [0.15, 0.2) is 0 Å². The third-order valence-corrected chi connectivity index (χ3v) is 4.87. The van der Waals surface area contributed by atoms with Crippen molar-refractivity contribution in [3.05, 3.63) is 0 Å². The fourth-order valence-electron chi connectivity index (χ4n) is 3.18. The lowest BCUT2D eigenvalue weighted by Crippen LogP contribution is -2.34. The van der Waals surface area contributed by atoms with Crippen LogP contribution in [0, 0.1) is 5.41 Å². The van der Waals surface area contributed by atoms with Crippen LogP contribution in [0.4, 0.5) is 0 Å². The van der Waals surface area contributed by atoms with E-state index in [1.54, 1.807) is 0 Å². The minimum Gasteiger partial charge on any atom is -0.316 e. The van der Waals surface area contributed by atoms with E-state index in [4.69, 9.17) is 0 Å². The van der Waals surface area contributed by atoms with Crippen LogP contribution in [0.5, 0.6) is 0 Å². The van der Waals surface area contributed by atoms with Crippen molar-refractivity contribution in [1.82, 2.24) is 5.32 Å². The number of hydrogen-bond donors (Lipinski definition) is 1. The van der Waals surface area contributed by atoms with Crippen molar-refractivity contribution in [3.63, 3.8) is 0 Å². The predicted octanol–water partition coefficient (Wildman–Crippen LogP) is 6.32. The molecule has 0 aromatic heterocycles. The quantitative estimate of drug-likeness (QED) is 0.347. The van der Waals surface area contributed by atoms with E-state index in [1.165, 1.54) is 83.6 Å². The Morgan fingerprint density at radius 1 is 0.650 bits per heavy atom. The average molecular weight is 284 g/mol. The summed E-state index contributed by atoms with van der Waals surface area (Å²) in [6.45, 7) is 11.6. The van der Waals surface area contributed by atoms with Crippen LogP contribution in [0.3, 0.4) is 0 Å². The van der Waals surface area contributed by atoms with Gasteiger partial charge < -0.3 is 5.32 Å². The minimum atomic E-state index is 0.579. The number of rotatable bonds is 15. The lowest BCUT2D eigenvalue weighted by molar-refractivity contribution is 0.206. The summed E-state index contributed by atoms with van der Waals surface area (Å²) in [6.07, 6.45) is 17.0. The zero-order valence-electron chi connectivity index (χ0n) is 14.9. The van der Waals surface area contributed by atoms with Crippen LogP contribution in [-0.4, -0.2) is 13.1 Å². The van der Waals surface area contributed by atoms with Crippen LogP contribution in [0.25, 0.3) is 0 Å². The Labute approximate surface area is 129 Å². The molecule has 20 heavy (non-hydrogen) atoms. The van der Waals surface area contributed by atoms with Crippen molar-refractivity contribution < 1.29 is 0 Å². The summed E-state index contributed by atoms with van der Waals surface area (Å²) >= 11 is 0. The van der Waals surface area contributed by atoms with Gasteiger partial charge in [-0.3, -0.25) is 0 Å². The summed E-state index contributed by atoms with van der Waals surface area (Å²) in [5, 5.41) is 3.62. The highest BCUT2D eigenvalue weighted by molar-refractivity contribution is 4.80. The smallest absolute Gasteiger partial charge is 0.000759 e. The summed E-state index contributed by atoms with van der Waals surface area (Å²) in [6, 6.07) is 0. The molecule has 0 aromatic carbocycles. The van der Waals surface area contributed by atoms with Gasteiger partial charge in [0, 0.05) is 6.54 Å². The van der Waals surface area contributed by atoms with Crippen molar-refractivity contribution in [2.45, 2.75) is 105 Å². The highest BCUT2D eigenvalue weighted by atomic mass is 14.9. The standard InChI is InChI=1S/C19H41N/c1-5-9-11-12-13-14-15-17-19(7-3,16-10-6-2)18-20-8-4/h20H,5-18H2,1-4H3. The molecule has 0 bridgehead atoms. The molecule has 0 aliphatic heterocycles. The Hall–Kier alpha value is -0.0400. The summed E-state index contributed by atoms with van der Waals surface area (Å²) in [4.78, 5) is 0. The number of unbranched alkanes of at least 4 members (excludes halogenated alkanes) is 7. The SMILES string of the molecule is CCCCCCCCCC(CC)(CCCC)CNCC. The van der Waals surface area contributed by atoms with E-state index in [2.05, 4.69) is 33.0 Å². The van der Waals surface area contributed by atoms with Crippen LogP contribution in [0.1, 0.15) is 105 Å². The van der Waals surface area contributed by atoms with Crippen molar-refractivity contribution in [2.24, 2.45) is 5.41 Å². The van der Waals surface area contributed by atoms with Gasteiger partial charge in [-0.1, -0.05) is 85.5 Å². The van der Waals surface area contributed by atoms with Crippen molar-refractivity contribution in [2.75, 3.05) is 13.1 Å². The molecule has 0 saturated carbocycles. The largest absolute Gasteiger partial charge is 0.316 e. The fourth-order valence-corrected chi connectivity index (χ4v) is 3.18. The van der Waals surface area contributed by atoms with Crippen LogP contribution < -0.4 is 5.32 Å². The number of nitrogens with one attached hydrogen (secondary N) is 1. The molecular formula is C19H41N. The zero-order chi connectivity index (χ0) is 15.1. The molecular weight excluding hydrogens is 242 g/mol. The third kappa shape index (κ3) is 9.80. The first-order valence-electron chi connectivity index (χ1n) is 9.45. The highest BCUT2D eigenvalue weighted by Gasteiger charge is 2.26. The van der Waals surface area contributed by atoms with E-state index < -0.39 is 0 Å². The minimum absolute atomic E-state index is 0.579. The molecule has 0 heterocycles. The second-order valence-corrected chi connectivity index (χ2v) is 6.61. The van der Waals surface area contributed by atoms with E-state index in [-0.39, 0.29) is 0 Å². The van der Waals surface area contributed by atoms with Gasteiger partial charge in [-0.25, -0.2) is 0 Å². The predicted molar refractivity (Wildman–Crippen MR) is 93.4 cm³/mol. The Balaban J connectivity index is 3.94. The average Bonchev–Trinajstić information content (AvgIpc) is 2.48. The molecule has 1 heteroatoms. The van der Waals surface area contributed by atoms with Crippen LogP contribution in [-0.2, 0) is 0 Å². The lowest BCUT2D eigenvalue weighted by Gasteiger charge is -2.33. The molecule has 0 aromatic rings. The second-order valence-electron chi connectivity index (χ2n) is 6.61. The van der Waals surface area contributed by atoms with Gasteiger partial charge in [-0.2, -0.15) is 0 Å². The van der Waals surface area contributed by atoms with Gasteiger partial charge in [-0.05, 0) is 31.2 Å². The van der Waals surface area contributed by atoms with E-state index in [0.717, 1.165) is 6.54 Å². The van der Waals surface area contributed by atoms with E-state index in [1.807, 2.05) is 0 Å². The Kier molecular flexibility index (Phi) is 13.9. The van der Waals surface area contributed by atoms with Gasteiger partial charge in [-0.15, -0.1) is 0 Å². The van der Waals surface area contributed by atoms with E-state index >= 15 is 0 Å². The molecule has 0 aliphatic rings. The highest BCUT2D eigenvalue weighted by Crippen LogP contribution is 2.34. The molecule has 1 N–H and O–H groups in total. The summed E-state index contributed by atoms with van der Waals surface area (Å²) in [7, 11) is 0. The molecule has 122 valence electrons. The van der Waals surface area contributed by atoms with Crippen molar-refractivity contribution in [3.8, 4) is 0 Å². The normalized spacial score (nSPS) is 14.4. The van der Waals surface area contributed by atoms with Crippen molar-refractivity contribution in [1.29, 1.82) is 0 Å². The van der Waals surface area contributed by atoms with Crippen LogP contribution >= 0.6 is 0 Å². The molecule has 0 radical (unpaired) electrons. The van der Waals surface area contributed by atoms with Gasteiger partial charge in [0.25, 0.3) is 0 Å². The van der Waals surface area contributed by atoms with Gasteiger partial charge >= 0.3 is 0 Å². The van der Waals surface area contributed by atoms with Crippen LogP contribution in [0.2, 0.25) is 0 Å². The summed E-state index contributed by atoms with van der Waals surface area (Å²) < 4.78 is 0. The zero-order valence-corrected chi connectivity index (χ0v) is 14.9. The molecule has 0 spiro atoms. The topological polar surface area (TPSA) is 12.0 Å². The molecule has 1 unspecified atom stereocenters. The Morgan fingerprint density at radius 3 is 1.75 bits per heavy atom. The van der Waals surface area contributed by atoms with Gasteiger partial charge in [0.05, 0.1) is 0 Å². The maximum atomic E-state index is 3.62. The lowest BCUT2D eigenvalue weighted by atomic mass is 9.75. The molecule has 0 aliphatic carbocycles. The van der Waals surface area contributed by atoms with Crippen molar-refractivity contribution >= 4 is 0 Å². The molecule has 0 saturated heterocycles. The molecule has 1 nitrogen and oxygen atoms in total. The maximum absolute atomic E-state index is 3.62. The van der Waals surface area contributed by atoms with E-state index in [0.29, 0.717) is 5.41 Å². The van der Waals surface area contributed by atoms with Gasteiger partial charge in [0.2, 0.25) is 0 Å². The third-order valence-electron chi connectivity index (χ3n) is 4.87. The number of hydrogen-bond acceptors (Lipinski definition) is 1.